The number of carbonyl (C=O) groups excluding carboxylic acids is 1. The highest BCUT2D eigenvalue weighted by atomic mass is 16.1. The topological polar surface area (TPSA) is 17.1 Å². The third kappa shape index (κ3) is 13.6. The van der Waals surface area contributed by atoms with Crippen LogP contribution in [0.5, 0.6) is 0 Å². The second-order valence-corrected chi connectivity index (χ2v) is 5.72. The Morgan fingerprint density at radius 2 is 1.29 bits per heavy atom. The highest BCUT2D eigenvalue weighted by Gasteiger charge is 2.04. The van der Waals surface area contributed by atoms with Gasteiger partial charge in [0.25, 0.3) is 0 Å². The molecule has 0 spiro atoms. The molecule has 17 heavy (non-hydrogen) atoms. The monoisotopic (exact) mass is 240 g/mol. The first-order valence-electron chi connectivity index (χ1n) is 7.68. The molecule has 0 amide bonds. The molecule has 0 aromatic rings. The molecule has 0 rings (SSSR count). The van der Waals surface area contributed by atoms with Crippen molar-refractivity contribution in [3.05, 3.63) is 0 Å². The summed E-state index contributed by atoms with van der Waals surface area (Å²) in [6.45, 7) is 6.50. The number of hydrogen-bond donors (Lipinski definition) is 0. The van der Waals surface area contributed by atoms with Crippen LogP contribution in [-0.4, -0.2) is 5.78 Å². The van der Waals surface area contributed by atoms with Gasteiger partial charge in [-0.1, -0.05) is 72.1 Å². The van der Waals surface area contributed by atoms with Crippen LogP contribution in [0.1, 0.15) is 91.4 Å². The minimum absolute atomic E-state index is 0.461. The Balaban J connectivity index is 3.10. The number of Topliss-reactive ketones (excluding diaryl/α,β-unsaturated/α-hetero) is 1. The van der Waals surface area contributed by atoms with Crippen LogP contribution in [0, 0.1) is 5.92 Å². The van der Waals surface area contributed by atoms with Gasteiger partial charge in [0.1, 0.15) is 5.78 Å². The Hall–Kier alpha value is -0.330. The van der Waals surface area contributed by atoms with E-state index in [-0.39, 0.29) is 0 Å². The molecule has 0 radical (unpaired) electrons. The summed E-state index contributed by atoms with van der Waals surface area (Å²) < 4.78 is 0. The molecule has 0 fully saturated rings. The fourth-order valence-corrected chi connectivity index (χ4v) is 2.19. The number of ketones is 1. The van der Waals surface area contributed by atoms with E-state index < -0.39 is 0 Å². The van der Waals surface area contributed by atoms with Crippen molar-refractivity contribution in [1.82, 2.24) is 0 Å². The molecular formula is C16H32O. The van der Waals surface area contributed by atoms with E-state index >= 15 is 0 Å². The quantitative estimate of drug-likeness (QED) is 0.410. The molecule has 0 saturated heterocycles. The predicted molar refractivity (Wildman–Crippen MR) is 76.3 cm³/mol. The van der Waals surface area contributed by atoms with E-state index in [1.54, 1.807) is 0 Å². The maximum absolute atomic E-state index is 11.5. The van der Waals surface area contributed by atoms with E-state index in [0.29, 0.717) is 11.7 Å². The van der Waals surface area contributed by atoms with Gasteiger partial charge in [0.05, 0.1) is 0 Å². The van der Waals surface area contributed by atoms with Crippen molar-refractivity contribution in [2.45, 2.75) is 91.4 Å². The smallest absolute Gasteiger partial charge is 0.133 e. The zero-order chi connectivity index (χ0) is 12.9. The molecule has 0 aliphatic carbocycles. The van der Waals surface area contributed by atoms with Gasteiger partial charge in [-0.05, 0) is 12.3 Å². The molecule has 0 aromatic carbocycles. The van der Waals surface area contributed by atoms with Gasteiger partial charge < -0.3 is 0 Å². The molecule has 0 aliphatic heterocycles. The maximum Gasteiger partial charge on any atom is 0.133 e. The van der Waals surface area contributed by atoms with Crippen LogP contribution in [-0.2, 0) is 4.79 Å². The highest BCUT2D eigenvalue weighted by molar-refractivity contribution is 5.78. The average Bonchev–Trinajstić information content (AvgIpc) is 2.26. The third-order valence-electron chi connectivity index (χ3n) is 3.20. The van der Waals surface area contributed by atoms with Crippen molar-refractivity contribution < 1.29 is 4.79 Å². The summed E-state index contributed by atoms with van der Waals surface area (Å²) in [6, 6.07) is 0. The second kappa shape index (κ2) is 12.1. The maximum atomic E-state index is 11.5. The molecule has 0 aromatic heterocycles. The fourth-order valence-electron chi connectivity index (χ4n) is 2.19. The first kappa shape index (κ1) is 16.7. The first-order chi connectivity index (χ1) is 8.16. The van der Waals surface area contributed by atoms with Crippen LogP contribution >= 0.6 is 0 Å². The standard InChI is InChI=1S/C16H32O/c1-4-5-6-7-8-9-10-11-12-13-16(17)14-15(2)3/h15H,4-14H2,1-3H3. The molecule has 0 N–H and O–H groups in total. The fraction of sp³-hybridized carbons (Fsp3) is 0.938. The van der Waals surface area contributed by atoms with E-state index in [2.05, 4.69) is 20.8 Å². The van der Waals surface area contributed by atoms with Gasteiger partial charge >= 0.3 is 0 Å². The Morgan fingerprint density at radius 1 is 0.824 bits per heavy atom. The molecule has 0 unspecified atom stereocenters. The normalized spacial score (nSPS) is 11.1. The van der Waals surface area contributed by atoms with Gasteiger partial charge in [0.15, 0.2) is 0 Å². The van der Waals surface area contributed by atoms with Crippen LogP contribution in [0.2, 0.25) is 0 Å². The van der Waals surface area contributed by atoms with E-state index in [4.69, 9.17) is 0 Å². The summed E-state index contributed by atoms with van der Waals surface area (Å²) >= 11 is 0. The summed E-state index contributed by atoms with van der Waals surface area (Å²) in [6.07, 6.45) is 13.6. The van der Waals surface area contributed by atoms with Crippen LogP contribution in [0.15, 0.2) is 0 Å². The van der Waals surface area contributed by atoms with Gasteiger partial charge in [0, 0.05) is 12.8 Å². The lowest BCUT2D eigenvalue weighted by molar-refractivity contribution is -0.119. The van der Waals surface area contributed by atoms with Crippen molar-refractivity contribution >= 4 is 5.78 Å². The molecule has 1 nitrogen and oxygen atoms in total. The minimum Gasteiger partial charge on any atom is -0.300 e. The number of carbonyl (C=O) groups is 1. The van der Waals surface area contributed by atoms with Crippen LogP contribution in [0.4, 0.5) is 0 Å². The molecular weight excluding hydrogens is 208 g/mol. The SMILES string of the molecule is CCCCCCCCCCCC(=O)CC(C)C. The zero-order valence-corrected chi connectivity index (χ0v) is 12.3. The first-order valence-corrected chi connectivity index (χ1v) is 7.68. The Bertz CT molecular complexity index is 172. The Kier molecular flexibility index (Phi) is 11.9. The van der Waals surface area contributed by atoms with E-state index in [1.165, 1.54) is 51.4 Å². The summed E-state index contributed by atoms with van der Waals surface area (Å²) in [7, 11) is 0. The summed E-state index contributed by atoms with van der Waals surface area (Å²) in [5.41, 5.74) is 0. The van der Waals surface area contributed by atoms with Crippen LogP contribution in [0.3, 0.4) is 0 Å². The molecule has 0 heterocycles. The van der Waals surface area contributed by atoms with E-state index in [9.17, 15) is 4.79 Å². The zero-order valence-electron chi connectivity index (χ0n) is 12.3. The summed E-state index contributed by atoms with van der Waals surface area (Å²) in [4.78, 5) is 11.5. The Morgan fingerprint density at radius 3 is 1.76 bits per heavy atom. The number of hydrogen-bond acceptors (Lipinski definition) is 1. The van der Waals surface area contributed by atoms with Crippen LogP contribution < -0.4 is 0 Å². The van der Waals surface area contributed by atoms with Crippen molar-refractivity contribution in [2.24, 2.45) is 5.92 Å². The van der Waals surface area contributed by atoms with Crippen LogP contribution in [0.25, 0.3) is 0 Å². The number of rotatable bonds is 12. The summed E-state index contributed by atoms with van der Waals surface area (Å²) in [5, 5.41) is 0. The molecule has 0 saturated carbocycles. The van der Waals surface area contributed by atoms with Gasteiger partial charge in [-0.2, -0.15) is 0 Å². The average molecular weight is 240 g/mol. The lowest BCUT2D eigenvalue weighted by Crippen LogP contribution is -2.02. The highest BCUT2D eigenvalue weighted by Crippen LogP contribution is 2.12. The molecule has 102 valence electrons. The van der Waals surface area contributed by atoms with Crippen molar-refractivity contribution in [3.63, 3.8) is 0 Å². The van der Waals surface area contributed by atoms with Gasteiger partial charge in [-0.25, -0.2) is 0 Å². The molecule has 1 heteroatoms. The van der Waals surface area contributed by atoms with Gasteiger partial charge in [0.2, 0.25) is 0 Å². The molecule has 0 bridgehead atoms. The van der Waals surface area contributed by atoms with E-state index in [1.807, 2.05) is 0 Å². The molecule has 0 atom stereocenters. The lowest BCUT2D eigenvalue weighted by Gasteiger charge is -2.04. The van der Waals surface area contributed by atoms with Crippen molar-refractivity contribution in [3.8, 4) is 0 Å². The lowest BCUT2D eigenvalue weighted by atomic mass is 10.0. The predicted octanol–water partition coefficient (Wildman–Crippen LogP) is 5.52. The summed E-state index contributed by atoms with van der Waals surface area (Å²) in [5.74, 6) is 0.990. The second-order valence-electron chi connectivity index (χ2n) is 5.72. The minimum atomic E-state index is 0.461. The van der Waals surface area contributed by atoms with Crippen molar-refractivity contribution in [1.29, 1.82) is 0 Å². The van der Waals surface area contributed by atoms with E-state index in [0.717, 1.165) is 19.3 Å². The van der Waals surface area contributed by atoms with Gasteiger partial charge in [-0.3, -0.25) is 4.79 Å². The Labute approximate surface area is 108 Å². The number of unbranched alkanes of at least 4 members (excludes halogenated alkanes) is 8. The third-order valence-corrected chi connectivity index (χ3v) is 3.20. The van der Waals surface area contributed by atoms with Crippen molar-refractivity contribution in [2.75, 3.05) is 0 Å². The van der Waals surface area contributed by atoms with Gasteiger partial charge in [-0.15, -0.1) is 0 Å². The molecule has 0 aliphatic rings. The largest absolute Gasteiger partial charge is 0.300 e.